The fourth-order valence-electron chi connectivity index (χ4n) is 2.24. The predicted molar refractivity (Wildman–Crippen MR) is 92.0 cm³/mol. The number of hydrogen-bond acceptors (Lipinski definition) is 3. The van der Waals surface area contributed by atoms with E-state index in [2.05, 4.69) is 32.9 Å². The third kappa shape index (κ3) is 3.55. The molecule has 0 saturated heterocycles. The lowest BCUT2D eigenvalue weighted by Gasteiger charge is -2.09. The quantitative estimate of drug-likeness (QED) is 0.770. The van der Waals surface area contributed by atoms with Crippen molar-refractivity contribution in [2.45, 2.75) is 25.3 Å². The molecule has 3 rings (SSSR count). The highest BCUT2D eigenvalue weighted by atomic mass is 127. The normalized spacial score (nSPS) is 13.9. The molecular formula is C16H16IN3O2. The highest BCUT2D eigenvalue weighted by molar-refractivity contribution is 14.1. The van der Waals surface area contributed by atoms with Gasteiger partial charge in [0.05, 0.1) is 17.6 Å². The minimum atomic E-state index is -0.124. The van der Waals surface area contributed by atoms with E-state index in [-0.39, 0.29) is 11.5 Å². The van der Waals surface area contributed by atoms with Gasteiger partial charge < -0.3 is 5.32 Å². The largest absolute Gasteiger partial charge is 0.350 e. The third-order valence-corrected chi connectivity index (χ3v) is 4.59. The number of carbonyl (C=O) groups is 1. The standard InChI is InChI=1S/C16H16IN3O2/c17-13-4-2-1-3-12(13)16(22)18-7-8-20-10-19-14(9-15(20)21)11-5-6-11/h1-4,9-11H,5-8H2,(H,18,22). The Balaban J connectivity index is 1.58. The first kappa shape index (κ1) is 15.2. The van der Waals surface area contributed by atoms with Crippen LogP contribution in [0.2, 0.25) is 0 Å². The molecule has 0 bridgehead atoms. The SMILES string of the molecule is O=C(NCCn1cnc(C2CC2)cc1=O)c1ccccc1I. The van der Waals surface area contributed by atoms with Gasteiger partial charge in [0.25, 0.3) is 11.5 Å². The Morgan fingerprint density at radius 2 is 2.14 bits per heavy atom. The first-order valence-corrected chi connectivity index (χ1v) is 8.32. The maximum Gasteiger partial charge on any atom is 0.253 e. The van der Waals surface area contributed by atoms with Gasteiger partial charge in [0.15, 0.2) is 0 Å². The van der Waals surface area contributed by atoms with Crippen molar-refractivity contribution in [1.29, 1.82) is 0 Å². The topological polar surface area (TPSA) is 64.0 Å². The summed E-state index contributed by atoms with van der Waals surface area (Å²) < 4.78 is 2.44. The molecule has 1 aromatic heterocycles. The third-order valence-electron chi connectivity index (χ3n) is 3.65. The number of halogens is 1. The molecule has 114 valence electrons. The van der Waals surface area contributed by atoms with Gasteiger partial charge in [0, 0.05) is 28.6 Å². The Labute approximate surface area is 141 Å². The molecule has 1 aromatic carbocycles. The van der Waals surface area contributed by atoms with E-state index in [4.69, 9.17) is 0 Å². The fraction of sp³-hybridized carbons (Fsp3) is 0.312. The number of carbonyl (C=O) groups excluding carboxylic acids is 1. The van der Waals surface area contributed by atoms with Gasteiger partial charge in [0.2, 0.25) is 0 Å². The first-order valence-electron chi connectivity index (χ1n) is 7.24. The van der Waals surface area contributed by atoms with E-state index in [1.165, 1.54) is 4.57 Å². The zero-order valence-corrected chi connectivity index (χ0v) is 14.1. The van der Waals surface area contributed by atoms with Crippen LogP contribution in [0, 0.1) is 3.57 Å². The second kappa shape index (κ2) is 6.60. The van der Waals surface area contributed by atoms with Crippen molar-refractivity contribution in [2.75, 3.05) is 6.54 Å². The van der Waals surface area contributed by atoms with E-state index < -0.39 is 0 Å². The number of nitrogens with one attached hydrogen (secondary N) is 1. The number of aromatic nitrogens is 2. The molecule has 1 N–H and O–H groups in total. The zero-order valence-electron chi connectivity index (χ0n) is 12.0. The molecule has 2 aromatic rings. The Morgan fingerprint density at radius 1 is 1.36 bits per heavy atom. The average Bonchev–Trinajstić information content (AvgIpc) is 3.34. The van der Waals surface area contributed by atoms with Crippen molar-refractivity contribution < 1.29 is 4.79 Å². The van der Waals surface area contributed by atoms with E-state index in [9.17, 15) is 9.59 Å². The maximum atomic E-state index is 12.1. The summed E-state index contributed by atoms with van der Waals surface area (Å²) >= 11 is 2.13. The molecule has 1 saturated carbocycles. The first-order chi connectivity index (χ1) is 10.6. The van der Waals surface area contributed by atoms with Crippen molar-refractivity contribution in [1.82, 2.24) is 14.9 Å². The van der Waals surface area contributed by atoms with Crippen molar-refractivity contribution in [3.05, 3.63) is 61.8 Å². The van der Waals surface area contributed by atoms with E-state index in [0.717, 1.165) is 22.1 Å². The fourth-order valence-corrected chi connectivity index (χ4v) is 2.87. The Kier molecular flexibility index (Phi) is 4.56. The molecule has 1 aliphatic rings. The molecule has 5 nitrogen and oxygen atoms in total. The lowest BCUT2D eigenvalue weighted by molar-refractivity contribution is 0.0951. The lowest BCUT2D eigenvalue weighted by atomic mass is 10.2. The van der Waals surface area contributed by atoms with Crippen LogP contribution in [0.1, 0.15) is 34.8 Å². The van der Waals surface area contributed by atoms with E-state index in [0.29, 0.717) is 24.6 Å². The summed E-state index contributed by atoms with van der Waals surface area (Å²) in [4.78, 5) is 28.4. The Morgan fingerprint density at radius 3 is 2.82 bits per heavy atom. The Bertz CT molecular complexity index is 753. The molecule has 22 heavy (non-hydrogen) atoms. The number of nitrogens with zero attached hydrogens (tertiary/aromatic N) is 2. The monoisotopic (exact) mass is 409 g/mol. The van der Waals surface area contributed by atoms with Crippen LogP contribution in [0.15, 0.2) is 41.5 Å². The van der Waals surface area contributed by atoms with Gasteiger partial charge in [-0.1, -0.05) is 12.1 Å². The van der Waals surface area contributed by atoms with E-state index in [1.54, 1.807) is 18.5 Å². The van der Waals surface area contributed by atoms with Gasteiger partial charge in [-0.25, -0.2) is 4.98 Å². The van der Waals surface area contributed by atoms with Gasteiger partial charge in [-0.3, -0.25) is 14.2 Å². The minimum absolute atomic E-state index is 0.0551. The molecule has 0 atom stereocenters. The Hall–Kier alpha value is -1.70. The number of hydrogen-bond donors (Lipinski definition) is 1. The molecule has 1 aliphatic carbocycles. The number of benzene rings is 1. The summed E-state index contributed by atoms with van der Waals surface area (Å²) in [5.41, 5.74) is 1.49. The van der Waals surface area contributed by atoms with Crippen LogP contribution < -0.4 is 10.9 Å². The van der Waals surface area contributed by atoms with Gasteiger partial charge in [-0.15, -0.1) is 0 Å². The summed E-state index contributed by atoms with van der Waals surface area (Å²) in [7, 11) is 0. The molecule has 0 radical (unpaired) electrons. The molecule has 6 heteroatoms. The summed E-state index contributed by atoms with van der Waals surface area (Å²) in [6.45, 7) is 0.820. The van der Waals surface area contributed by atoms with Crippen molar-refractivity contribution >= 4 is 28.5 Å². The van der Waals surface area contributed by atoms with Crippen molar-refractivity contribution in [2.24, 2.45) is 0 Å². The number of amides is 1. The summed E-state index contributed by atoms with van der Waals surface area (Å²) in [5, 5.41) is 2.83. The maximum absolute atomic E-state index is 12.1. The van der Waals surface area contributed by atoms with Crippen LogP contribution in [-0.2, 0) is 6.54 Å². The van der Waals surface area contributed by atoms with Gasteiger partial charge in [-0.05, 0) is 47.6 Å². The van der Waals surface area contributed by atoms with E-state index in [1.807, 2.05) is 18.2 Å². The molecule has 1 fully saturated rings. The van der Waals surface area contributed by atoms with Crippen LogP contribution in [0.3, 0.4) is 0 Å². The molecular weight excluding hydrogens is 393 g/mol. The molecule has 0 spiro atoms. The summed E-state index contributed by atoms with van der Waals surface area (Å²) in [5.74, 6) is 0.350. The van der Waals surface area contributed by atoms with Gasteiger partial charge in [-0.2, -0.15) is 0 Å². The number of rotatable bonds is 5. The predicted octanol–water partition coefficient (Wildman–Crippen LogP) is 2.16. The lowest BCUT2D eigenvalue weighted by Crippen LogP contribution is -2.31. The van der Waals surface area contributed by atoms with Gasteiger partial charge >= 0.3 is 0 Å². The van der Waals surface area contributed by atoms with Crippen LogP contribution >= 0.6 is 22.6 Å². The smallest absolute Gasteiger partial charge is 0.253 e. The molecule has 1 heterocycles. The van der Waals surface area contributed by atoms with Crippen molar-refractivity contribution in [3.8, 4) is 0 Å². The van der Waals surface area contributed by atoms with Crippen LogP contribution in [0.5, 0.6) is 0 Å². The van der Waals surface area contributed by atoms with E-state index >= 15 is 0 Å². The molecule has 0 unspecified atom stereocenters. The highest BCUT2D eigenvalue weighted by Gasteiger charge is 2.25. The van der Waals surface area contributed by atoms with Crippen LogP contribution in [0.4, 0.5) is 0 Å². The molecule has 0 aliphatic heterocycles. The minimum Gasteiger partial charge on any atom is -0.350 e. The summed E-state index contributed by atoms with van der Waals surface area (Å²) in [6.07, 6.45) is 3.83. The molecule has 1 amide bonds. The second-order valence-corrected chi connectivity index (χ2v) is 6.52. The highest BCUT2D eigenvalue weighted by Crippen LogP contribution is 2.38. The van der Waals surface area contributed by atoms with Crippen LogP contribution in [0.25, 0.3) is 0 Å². The average molecular weight is 409 g/mol. The zero-order chi connectivity index (χ0) is 15.5. The van der Waals surface area contributed by atoms with Crippen molar-refractivity contribution in [3.63, 3.8) is 0 Å². The second-order valence-electron chi connectivity index (χ2n) is 5.36. The van der Waals surface area contributed by atoms with Crippen LogP contribution in [-0.4, -0.2) is 22.0 Å². The van der Waals surface area contributed by atoms with Gasteiger partial charge in [0.1, 0.15) is 0 Å². The summed E-state index contributed by atoms with van der Waals surface area (Å²) in [6, 6.07) is 9.02.